The van der Waals surface area contributed by atoms with Crippen molar-refractivity contribution in [2.75, 3.05) is 12.9 Å². The summed E-state index contributed by atoms with van der Waals surface area (Å²) in [6.07, 6.45) is 1.95. The van der Waals surface area contributed by atoms with Crippen LogP contribution in [0.25, 0.3) is 0 Å². The van der Waals surface area contributed by atoms with Gasteiger partial charge in [0.15, 0.2) is 5.78 Å². The van der Waals surface area contributed by atoms with Gasteiger partial charge in [-0.05, 0) is 55.1 Å². The zero-order valence-corrected chi connectivity index (χ0v) is 13.7. The fourth-order valence-corrected chi connectivity index (χ4v) is 2.61. The molecule has 0 saturated heterocycles. The Kier molecular flexibility index (Phi) is 5.93. The minimum atomic E-state index is -1.05. The second-order valence-corrected chi connectivity index (χ2v) is 5.71. The standard InChI is InChI=1S/C18H17FO3S/c1-3-22-18(21)16(12-6-10-15(23-2)11-7-12)17(20)13-4-8-14(19)9-5-13/h4-11,16H,3H2,1-2H3. The van der Waals surface area contributed by atoms with Crippen molar-refractivity contribution in [3.8, 4) is 0 Å². The van der Waals surface area contributed by atoms with E-state index < -0.39 is 23.5 Å². The van der Waals surface area contributed by atoms with E-state index in [-0.39, 0.29) is 12.2 Å². The minimum absolute atomic E-state index is 0.189. The molecule has 0 aliphatic carbocycles. The molecule has 0 aromatic heterocycles. The van der Waals surface area contributed by atoms with Gasteiger partial charge in [0.25, 0.3) is 0 Å². The van der Waals surface area contributed by atoms with E-state index in [1.807, 2.05) is 18.4 Å². The molecule has 3 nitrogen and oxygen atoms in total. The van der Waals surface area contributed by atoms with Crippen molar-refractivity contribution in [2.24, 2.45) is 0 Å². The lowest BCUT2D eigenvalue weighted by atomic mass is 9.90. The molecule has 0 amide bonds. The molecule has 0 saturated carbocycles. The summed E-state index contributed by atoms with van der Waals surface area (Å²) in [7, 11) is 0. The maximum absolute atomic E-state index is 13.0. The molecule has 1 unspecified atom stereocenters. The molecule has 0 radical (unpaired) electrons. The smallest absolute Gasteiger partial charge is 0.321 e. The van der Waals surface area contributed by atoms with E-state index in [1.165, 1.54) is 24.3 Å². The molecule has 0 N–H and O–H groups in total. The van der Waals surface area contributed by atoms with Gasteiger partial charge in [0, 0.05) is 10.5 Å². The van der Waals surface area contributed by atoms with Crippen molar-refractivity contribution >= 4 is 23.5 Å². The van der Waals surface area contributed by atoms with Crippen molar-refractivity contribution < 1.29 is 18.7 Å². The van der Waals surface area contributed by atoms with Crippen LogP contribution in [0.3, 0.4) is 0 Å². The molecule has 0 aliphatic rings. The lowest BCUT2D eigenvalue weighted by Crippen LogP contribution is -2.24. The molecular weight excluding hydrogens is 315 g/mol. The number of hydrogen-bond acceptors (Lipinski definition) is 4. The molecule has 0 heterocycles. The number of thioether (sulfide) groups is 1. The van der Waals surface area contributed by atoms with Crippen LogP contribution in [0.2, 0.25) is 0 Å². The van der Waals surface area contributed by atoms with Gasteiger partial charge in [0.05, 0.1) is 6.61 Å². The molecule has 0 fully saturated rings. The van der Waals surface area contributed by atoms with Gasteiger partial charge in [-0.1, -0.05) is 12.1 Å². The number of hydrogen-bond donors (Lipinski definition) is 0. The molecule has 23 heavy (non-hydrogen) atoms. The molecule has 0 spiro atoms. The van der Waals surface area contributed by atoms with Crippen molar-refractivity contribution in [1.82, 2.24) is 0 Å². The van der Waals surface area contributed by atoms with Crippen molar-refractivity contribution in [3.63, 3.8) is 0 Å². The molecule has 1 atom stereocenters. The highest BCUT2D eigenvalue weighted by Gasteiger charge is 2.30. The second-order valence-electron chi connectivity index (χ2n) is 4.83. The van der Waals surface area contributed by atoms with Crippen LogP contribution in [-0.4, -0.2) is 24.6 Å². The monoisotopic (exact) mass is 332 g/mol. The molecule has 2 aromatic rings. The number of Topliss-reactive ketones (excluding diaryl/α,β-unsaturated/α-hetero) is 1. The van der Waals surface area contributed by atoms with E-state index in [9.17, 15) is 14.0 Å². The lowest BCUT2D eigenvalue weighted by molar-refractivity contribution is -0.143. The van der Waals surface area contributed by atoms with Crippen LogP contribution in [0.4, 0.5) is 4.39 Å². The van der Waals surface area contributed by atoms with Gasteiger partial charge in [0.2, 0.25) is 0 Å². The van der Waals surface area contributed by atoms with Crippen molar-refractivity contribution in [1.29, 1.82) is 0 Å². The fourth-order valence-electron chi connectivity index (χ4n) is 2.20. The molecule has 120 valence electrons. The van der Waals surface area contributed by atoms with Crippen LogP contribution in [0.15, 0.2) is 53.4 Å². The summed E-state index contributed by atoms with van der Waals surface area (Å²) in [5.41, 5.74) is 0.842. The Bertz CT molecular complexity index is 680. The quantitative estimate of drug-likeness (QED) is 0.346. The number of carbonyl (C=O) groups is 2. The van der Waals surface area contributed by atoms with E-state index in [0.717, 1.165) is 4.90 Å². The van der Waals surface area contributed by atoms with Crippen LogP contribution in [0.1, 0.15) is 28.8 Å². The van der Waals surface area contributed by atoms with Gasteiger partial charge in [0.1, 0.15) is 11.7 Å². The third kappa shape index (κ3) is 4.20. The summed E-state index contributed by atoms with van der Waals surface area (Å²) in [6.45, 7) is 1.88. The number of ketones is 1. The maximum atomic E-state index is 13.0. The highest BCUT2D eigenvalue weighted by molar-refractivity contribution is 7.98. The molecule has 2 rings (SSSR count). The van der Waals surface area contributed by atoms with Gasteiger partial charge in [-0.2, -0.15) is 0 Å². The Morgan fingerprint density at radius 3 is 2.22 bits per heavy atom. The third-order valence-electron chi connectivity index (χ3n) is 3.36. The number of rotatable bonds is 6. The normalized spacial score (nSPS) is 11.8. The first kappa shape index (κ1) is 17.2. The van der Waals surface area contributed by atoms with Crippen molar-refractivity contribution in [3.05, 3.63) is 65.5 Å². The Morgan fingerprint density at radius 1 is 1.09 bits per heavy atom. The van der Waals surface area contributed by atoms with Gasteiger partial charge >= 0.3 is 5.97 Å². The van der Waals surface area contributed by atoms with Crippen molar-refractivity contribution in [2.45, 2.75) is 17.7 Å². The van der Waals surface area contributed by atoms with Crippen LogP contribution in [-0.2, 0) is 9.53 Å². The topological polar surface area (TPSA) is 43.4 Å². The lowest BCUT2D eigenvalue weighted by Gasteiger charge is -2.15. The SMILES string of the molecule is CCOC(=O)C(C(=O)c1ccc(F)cc1)c1ccc(SC)cc1. The number of esters is 1. The van der Waals surface area contributed by atoms with E-state index >= 15 is 0 Å². The summed E-state index contributed by atoms with van der Waals surface area (Å²) in [5, 5.41) is 0. The summed E-state index contributed by atoms with van der Waals surface area (Å²) < 4.78 is 18.1. The molecule has 5 heteroatoms. The largest absolute Gasteiger partial charge is 0.465 e. The van der Waals surface area contributed by atoms with Gasteiger partial charge in [-0.25, -0.2) is 4.39 Å². The van der Waals surface area contributed by atoms with Gasteiger partial charge in [-0.3, -0.25) is 9.59 Å². The minimum Gasteiger partial charge on any atom is -0.465 e. The maximum Gasteiger partial charge on any atom is 0.321 e. The summed E-state index contributed by atoms with van der Waals surface area (Å²) in [6, 6.07) is 12.3. The van der Waals surface area contributed by atoms with Crippen LogP contribution in [0, 0.1) is 5.82 Å². The van der Waals surface area contributed by atoms with Gasteiger partial charge < -0.3 is 4.74 Å². The number of ether oxygens (including phenoxy) is 1. The molecule has 2 aromatic carbocycles. The van der Waals surface area contributed by atoms with Crippen LogP contribution < -0.4 is 0 Å². The van der Waals surface area contributed by atoms with Crippen LogP contribution in [0.5, 0.6) is 0 Å². The first-order valence-electron chi connectivity index (χ1n) is 7.17. The Morgan fingerprint density at radius 2 is 1.70 bits per heavy atom. The molecule has 0 bridgehead atoms. The number of halogens is 1. The third-order valence-corrected chi connectivity index (χ3v) is 4.11. The van der Waals surface area contributed by atoms with E-state index in [2.05, 4.69) is 0 Å². The predicted molar refractivity (Wildman–Crippen MR) is 88.3 cm³/mol. The second kappa shape index (κ2) is 7.92. The highest BCUT2D eigenvalue weighted by Crippen LogP contribution is 2.25. The molecular formula is C18H17FO3S. The van der Waals surface area contributed by atoms with E-state index in [4.69, 9.17) is 4.74 Å². The Balaban J connectivity index is 2.38. The summed E-state index contributed by atoms with van der Waals surface area (Å²) in [5.74, 6) is -2.48. The Labute approximate surface area is 138 Å². The highest BCUT2D eigenvalue weighted by atomic mass is 32.2. The first-order chi connectivity index (χ1) is 11.1. The molecule has 0 aliphatic heterocycles. The first-order valence-corrected chi connectivity index (χ1v) is 8.39. The average Bonchev–Trinajstić information content (AvgIpc) is 2.56. The summed E-state index contributed by atoms with van der Waals surface area (Å²) in [4.78, 5) is 26.0. The predicted octanol–water partition coefficient (Wildman–Crippen LogP) is 4.08. The number of carbonyl (C=O) groups excluding carboxylic acids is 2. The zero-order chi connectivity index (χ0) is 16.8. The van der Waals surface area contributed by atoms with Gasteiger partial charge in [-0.15, -0.1) is 11.8 Å². The fraction of sp³-hybridized carbons (Fsp3) is 0.222. The van der Waals surface area contributed by atoms with E-state index in [1.54, 1.807) is 30.8 Å². The Hall–Kier alpha value is -2.14. The number of benzene rings is 2. The van der Waals surface area contributed by atoms with Crippen LogP contribution >= 0.6 is 11.8 Å². The van der Waals surface area contributed by atoms with E-state index in [0.29, 0.717) is 5.56 Å². The summed E-state index contributed by atoms with van der Waals surface area (Å²) >= 11 is 1.57. The average molecular weight is 332 g/mol. The zero-order valence-electron chi connectivity index (χ0n) is 12.9.